The largest absolute Gasteiger partial charge is 0.456 e. The van der Waals surface area contributed by atoms with Gasteiger partial charge >= 0.3 is 5.97 Å². The Labute approximate surface area is 147 Å². The second kappa shape index (κ2) is 7.83. The fraction of sp³-hybridized carbons (Fsp3) is 0.300. The fourth-order valence-electron chi connectivity index (χ4n) is 2.81. The Balaban J connectivity index is 1.70. The van der Waals surface area contributed by atoms with E-state index < -0.39 is 12.1 Å². The molecule has 1 atom stereocenters. The molecule has 25 heavy (non-hydrogen) atoms. The van der Waals surface area contributed by atoms with Crippen molar-refractivity contribution in [2.24, 2.45) is 0 Å². The Morgan fingerprint density at radius 1 is 0.960 bits per heavy atom. The third-order valence-corrected chi connectivity index (χ3v) is 4.13. The van der Waals surface area contributed by atoms with Crippen molar-refractivity contribution in [1.29, 1.82) is 0 Å². The van der Waals surface area contributed by atoms with Gasteiger partial charge < -0.3 is 14.4 Å². The molecular formula is C20H21NO4. The van der Waals surface area contributed by atoms with Gasteiger partial charge in [0, 0.05) is 13.1 Å². The molecule has 1 aliphatic heterocycles. The Bertz CT molecular complexity index is 738. The Kier molecular flexibility index (Phi) is 5.33. The van der Waals surface area contributed by atoms with Gasteiger partial charge in [-0.15, -0.1) is 0 Å². The van der Waals surface area contributed by atoms with Crippen LogP contribution < -0.4 is 4.74 Å². The zero-order valence-electron chi connectivity index (χ0n) is 14.2. The summed E-state index contributed by atoms with van der Waals surface area (Å²) in [7, 11) is 0. The van der Waals surface area contributed by atoms with Crippen LogP contribution in [0.2, 0.25) is 0 Å². The van der Waals surface area contributed by atoms with E-state index in [-0.39, 0.29) is 5.91 Å². The topological polar surface area (TPSA) is 55.8 Å². The van der Waals surface area contributed by atoms with Gasteiger partial charge in [0.15, 0.2) is 6.10 Å². The zero-order valence-corrected chi connectivity index (χ0v) is 14.2. The Hall–Kier alpha value is -2.82. The Morgan fingerprint density at radius 3 is 2.32 bits per heavy atom. The van der Waals surface area contributed by atoms with Crippen LogP contribution in [0.4, 0.5) is 0 Å². The number of hydrogen-bond acceptors (Lipinski definition) is 4. The first kappa shape index (κ1) is 17.0. The number of carbonyl (C=O) groups excluding carboxylic acids is 2. The molecule has 1 heterocycles. The highest BCUT2D eigenvalue weighted by atomic mass is 16.5. The van der Waals surface area contributed by atoms with Crippen molar-refractivity contribution in [3.8, 4) is 11.5 Å². The molecule has 0 radical (unpaired) electrons. The van der Waals surface area contributed by atoms with Crippen LogP contribution in [0.25, 0.3) is 0 Å². The molecule has 3 rings (SSSR count). The summed E-state index contributed by atoms with van der Waals surface area (Å²) in [6, 6.07) is 16.1. The van der Waals surface area contributed by atoms with E-state index in [1.165, 1.54) is 0 Å². The van der Waals surface area contributed by atoms with Crippen molar-refractivity contribution in [2.45, 2.75) is 25.9 Å². The molecule has 1 amide bonds. The van der Waals surface area contributed by atoms with Gasteiger partial charge in [-0.05, 0) is 44.0 Å². The highest BCUT2D eigenvalue weighted by molar-refractivity contribution is 5.94. The predicted octanol–water partition coefficient (Wildman–Crippen LogP) is 3.65. The molecule has 1 aliphatic rings. The van der Waals surface area contributed by atoms with E-state index in [2.05, 4.69) is 0 Å². The maximum absolute atomic E-state index is 12.5. The van der Waals surface area contributed by atoms with Crippen LogP contribution in [-0.4, -0.2) is 36.0 Å². The van der Waals surface area contributed by atoms with Gasteiger partial charge in [-0.25, -0.2) is 4.79 Å². The number of nitrogens with zero attached hydrogens (tertiary/aromatic N) is 1. The molecule has 1 fully saturated rings. The molecule has 0 bridgehead atoms. The summed E-state index contributed by atoms with van der Waals surface area (Å²) in [5, 5.41) is 0. The molecular weight excluding hydrogens is 318 g/mol. The number of para-hydroxylation sites is 2. The van der Waals surface area contributed by atoms with Gasteiger partial charge in [-0.1, -0.05) is 30.3 Å². The SMILES string of the molecule is C[C@@H](OC(=O)c1ccccc1Oc1ccccc1)C(=O)N1CCCC1. The lowest BCUT2D eigenvalue weighted by molar-refractivity contribution is -0.138. The maximum atomic E-state index is 12.5. The van der Waals surface area contributed by atoms with Crippen molar-refractivity contribution >= 4 is 11.9 Å². The van der Waals surface area contributed by atoms with Gasteiger partial charge in [-0.3, -0.25) is 4.79 Å². The lowest BCUT2D eigenvalue weighted by Crippen LogP contribution is -2.38. The van der Waals surface area contributed by atoms with E-state index in [4.69, 9.17) is 9.47 Å². The van der Waals surface area contributed by atoms with Crippen LogP contribution in [-0.2, 0) is 9.53 Å². The van der Waals surface area contributed by atoms with Gasteiger partial charge in [0.25, 0.3) is 5.91 Å². The highest BCUT2D eigenvalue weighted by Crippen LogP contribution is 2.26. The van der Waals surface area contributed by atoms with Crippen molar-refractivity contribution in [1.82, 2.24) is 4.90 Å². The standard InChI is InChI=1S/C20H21NO4/c1-15(19(22)21-13-7-8-14-21)24-20(23)17-11-5-6-12-18(17)25-16-9-3-2-4-10-16/h2-6,9-12,15H,7-8,13-14H2,1H3/t15-/m1/s1. The third kappa shape index (κ3) is 4.18. The molecule has 5 nitrogen and oxygen atoms in total. The minimum atomic E-state index is -0.810. The van der Waals surface area contributed by atoms with E-state index in [1.807, 2.05) is 30.3 Å². The number of benzene rings is 2. The van der Waals surface area contributed by atoms with E-state index in [0.29, 0.717) is 17.1 Å². The number of hydrogen-bond donors (Lipinski definition) is 0. The van der Waals surface area contributed by atoms with Crippen LogP contribution in [0, 0.1) is 0 Å². The summed E-state index contributed by atoms with van der Waals surface area (Å²) in [6.07, 6.45) is 1.19. The highest BCUT2D eigenvalue weighted by Gasteiger charge is 2.27. The summed E-state index contributed by atoms with van der Waals surface area (Å²) in [6.45, 7) is 3.07. The van der Waals surface area contributed by atoms with Crippen LogP contribution in [0.1, 0.15) is 30.1 Å². The first-order valence-electron chi connectivity index (χ1n) is 8.47. The van der Waals surface area contributed by atoms with E-state index in [0.717, 1.165) is 25.9 Å². The minimum absolute atomic E-state index is 0.146. The molecule has 5 heteroatoms. The summed E-state index contributed by atoms with van der Waals surface area (Å²) in [4.78, 5) is 26.6. The molecule has 0 aliphatic carbocycles. The lowest BCUT2D eigenvalue weighted by atomic mass is 10.2. The summed E-state index contributed by atoms with van der Waals surface area (Å²) >= 11 is 0. The van der Waals surface area contributed by atoms with Crippen LogP contribution in [0.15, 0.2) is 54.6 Å². The first-order chi connectivity index (χ1) is 12.1. The maximum Gasteiger partial charge on any atom is 0.342 e. The molecule has 0 spiro atoms. The van der Waals surface area contributed by atoms with Crippen LogP contribution >= 0.6 is 0 Å². The quantitative estimate of drug-likeness (QED) is 0.780. The molecule has 0 unspecified atom stereocenters. The van der Waals surface area contributed by atoms with Crippen molar-refractivity contribution in [3.05, 3.63) is 60.2 Å². The number of rotatable bonds is 5. The first-order valence-corrected chi connectivity index (χ1v) is 8.47. The van der Waals surface area contributed by atoms with Crippen molar-refractivity contribution in [3.63, 3.8) is 0 Å². The number of amides is 1. The summed E-state index contributed by atoms with van der Waals surface area (Å²) in [5.41, 5.74) is 0.299. The van der Waals surface area contributed by atoms with Gasteiger partial charge in [-0.2, -0.15) is 0 Å². The van der Waals surface area contributed by atoms with Crippen molar-refractivity contribution in [2.75, 3.05) is 13.1 Å². The minimum Gasteiger partial charge on any atom is -0.456 e. The fourth-order valence-corrected chi connectivity index (χ4v) is 2.81. The second-order valence-corrected chi connectivity index (χ2v) is 5.99. The molecule has 1 saturated heterocycles. The van der Waals surface area contributed by atoms with Crippen molar-refractivity contribution < 1.29 is 19.1 Å². The second-order valence-electron chi connectivity index (χ2n) is 5.99. The van der Waals surface area contributed by atoms with E-state index in [1.54, 1.807) is 36.1 Å². The third-order valence-electron chi connectivity index (χ3n) is 4.13. The smallest absolute Gasteiger partial charge is 0.342 e. The van der Waals surface area contributed by atoms with Crippen LogP contribution in [0.5, 0.6) is 11.5 Å². The molecule has 130 valence electrons. The monoisotopic (exact) mass is 339 g/mol. The van der Waals surface area contributed by atoms with Crippen LogP contribution in [0.3, 0.4) is 0 Å². The normalized spacial score (nSPS) is 14.8. The predicted molar refractivity (Wildman–Crippen MR) is 93.6 cm³/mol. The van der Waals surface area contributed by atoms with E-state index in [9.17, 15) is 9.59 Å². The molecule has 2 aromatic rings. The van der Waals surface area contributed by atoms with Gasteiger partial charge in [0.1, 0.15) is 17.1 Å². The number of ether oxygens (including phenoxy) is 2. The molecule has 0 aromatic heterocycles. The lowest BCUT2D eigenvalue weighted by Gasteiger charge is -2.20. The van der Waals surface area contributed by atoms with Gasteiger partial charge in [0.05, 0.1) is 0 Å². The Morgan fingerprint density at radius 2 is 1.60 bits per heavy atom. The number of likely N-dealkylation sites (tertiary alicyclic amines) is 1. The summed E-state index contributed by atoms with van der Waals surface area (Å²) < 4.78 is 11.2. The molecule has 2 aromatic carbocycles. The van der Waals surface area contributed by atoms with Gasteiger partial charge in [0.2, 0.25) is 0 Å². The van der Waals surface area contributed by atoms with E-state index >= 15 is 0 Å². The average Bonchev–Trinajstić information content (AvgIpc) is 3.17. The molecule has 0 N–H and O–H groups in total. The average molecular weight is 339 g/mol. The number of esters is 1. The summed E-state index contributed by atoms with van der Waals surface area (Å²) in [5.74, 6) is 0.322. The zero-order chi connectivity index (χ0) is 17.6. The number of carbonyl (C=O) groups is 2. The molecule has 0 saturated carbocycles.